The molecule has 2 N–H and O–H groups in total. The van der Waals surface area contributed by atoms with E-state index >= 15 is 0 Å². The first-order valence-electron chi connectivity index (χ1n) is 10.7. The number of ether oxygens (including phenoxy) is 1. The van der Waals surface area contributed by atoms with Gasteiger partial charge in [0.15, 0.2) is 0 Å². The molecular formula is C26H24FN3O4. The van der Waals surface area contributed by atoms with Gasteiger partial charge in [-0.15, -0.1) is 0 Å². The van der Waals surface area contributed by atoms with Crippen molar-refractivity contribution in [3.8, 4) is 22.6 Å². The van der Waals surface area contributed by atoms with Crippen LogP contribution in [0.15, 0.2) is 54.0 Å². The van der Waals surface area contributed by atoms with Crippen molar-refractivity contribution in [2.75, 3.05) is 10.6 Å². The van der Waals surface area contributed by atoms with Crippen LogP contribution in [0, 0.1) is 19.7 Å². The fourth-order valence-electron chi connectivity index (χ4n) is 4.09. The van der Waals surface area contributed by atoms with E-state index in [2.05, 4.69) is 17.2 Å². The first-order valence-corrected chi connectivity index (χ1v) is 10.7. The largest absolute Gasteiger partial charge is 0.456 e. The zero-order chi connectivity index (χ0) is 24.6. The van der Waals surface area contributed by atoms with Gasteiger partial charge >= 0.3 is 0 Å². The number of amides is 2. The summed E-state index contributed by atoms with van der Waals surface area (Å²) in [7, 11) is 1.64. The molecule has 2 amide bonds. The zero-order valence-electron chi connectivity index (χ0n) is 19.1. The molecule has 1 aliphatic heterocycles. The maximum Gasteiger partial charge on any atom is 0.255 e. The van der Waals surface area contributed by atoms with Crippen LogP contribution >= 0.6 is 0 Å². The van der Waals surface area contributed by atoms with Crippen molar-refractivity contribution in [3.63, 3.8) is 0 Å². The van der Waals surface area contributed by atoms with Gasteiger partial charge in [-0.3, -0.25) is 14.4 Å². The third kappa shape index (κ3) is 4.34. The van der Waals surface area contributed by atoms with Crippen molar-refractivity contribution in [2.45, 2.75) is 26.7 Å². The highest BCUT2D eigenvalue weighted by Gasteiger charge is 2.25. The highest BCUT2D eigenvalue weighted by Crippen LogP contribution is 2.42. The van der Waals surface area contributed by atoms with Crippen molar-refractivity contribution >= 4 is 23.2 Å². The first kappa shape index (κ1) is 23.0. The van der Waals surface area contributed by atoms with Crippen LogP contribution in [-0.2, 0) is 23.1 Å². The molecule has 0 atom stereocenters. The molecule has 1 aliphatic rings. The van der Waals surface area contributed by atoms with Crippen LogP contribution in [-0.4, -0.2) is 16.4 Å². The molecule has 0 aliphatic carbocycles. The minimum atomic E-state index is -0.388. The third-order valence-electron chi connectivity index (χ3n) is 5.70. The number of rotatable bonds is 5. The summed E-state index contributed by atoms with van der Waals surface area (Å²) < 4.78 is 21.5. The molecule has 7 nitrogen and oxygen atoms in total. The van der Waals surface area contributed by atoms with Crippen LogP contribution in [0.25, 0.3) is 11.1 Å². The molecular weight excluding hydrogens is 437 g/mol. The smallest absolute Gasteiger partial charge is 0.255 e. The zero-order valence-corrected chi connectivity index (χ0v) is 19.1. The number of aromatic nitrogens is 1. The molecule has 2 heterocycles. The average molecular weight is 461 g/mol. The van der Waals surface area contributed by atoms with Gasteiger partial charge in [0.1, 0.15) is 17.3 Å². The van der Waals surface area contributed by atoms with Crippen molar-refractivity contribution < 1.29 is 18.7 Å². The second-order valence-electron chi connectivity index (χ2n) is 8.24. The molecule has 34 heavy (non-hydrogen) atoms. The van der Waals surface area contributed by atoms with Crippen LogP contribution in [0.2, 0.25) is 0 Å². The number of halogens is 1. The Balaban J connectivity index is 1.94. The molecule has 3 aromatic rings. The molecule has 0 saturated heterocycles. The Morgan fingerprint density at radius 3 is 2.53 bits per heavy atom. The van der Waals surface area contributed by atoms with Crippen LogP contribution in [0.1, 0.15) is 23.1 Å². The fraction of sp³-hybridized carbons (Fsp3) is 0.192. The highest BCUT2D eigenvalue weighted by molar-refractivity contribution is 6.01. The lowest BCUT2D eigenvalue weighted by Gasteiger charge is -2.23. The van der Waals surface area contributed by atoms with Crippen molar-refractivity contribution in [1.29, 1.82) is 0 Å². The maximum absolute atomic E-state index is 13.8. The quantitative estimate of drug-likeness (QED) is 0.543. The van der Waals surface area contributed by atoms with Crippen molar-refractivity contribution in [2.24, 2.45) is 7.05 Å². The molecule has 8 heteroatoms. The summed E-state index contributed by atoms with van der Waals surface area (Å²) in [5.41, 5.74) is 3.54. The molecule has 4 rings (SSSR count). The van der Waals surface area contributed by atoms with Gasteiger partial charge in [0.2, 0.25) is 11.8 Å². The normalized spacial score (nSPS) is 12.5. The van der Waals surface area contributed by atoms with Gasteiger partial charge < -0.3 is 19.9 Å². The van der Waals surface area contributed by atoms with Gasteiger partial charge in [-0.2, -0.15) is 0 Å². The monoisotopic (exact) mass is 461 g/mol. The molecule has 0 radical (unpaired) electrons. The standard InChI is InChI=1S/C26H24FN3O4/c1-5-22(31)28-17-6-8-21(34-25-14(2)10-16(27)11-15(25)3)19(12-17)20-13-30(4)26(33)18-7-9-23(32)29-24(18)20/h5-6,8,10-13H,1,7,9H2,2-4H3,(H,28,31)(H,29,32). The van der Waals surface area contributed by atoms with E-state index in [4.69, 9.17) is 4.74 Å². The fourth-order valence-corrected chi connectivity index (χ4v) is 4.09. The lowest BCUT2D eigenvalue weighted by Crippen LogP contribution is -2.29. The number of anilines is 2. The third-order valence-corrected chi connectivity index (χ3v) is 5.70. The lowest BCUT2D eigenvalue weighted by atomic mass is 9.96. The number of hydrogen-bond acceptors (Lipinski definition) is 4. The average Bonchev–Trinajstić information content (AvgIpc) is 2.79. The Kier molecular flexibility index (Phi) is 6.06. The number of pyridine rings is 1. The van der Waals surface area contributed by atoms with Crippen molar-refractivity contribution in [3.05, 3.63) is 82.0 Å². The lowest BCUT2D eigenvalue weighted by molar-refractivity contribution is -0.116. The van der Waals surface area contributed by atoms with Gasteiger partial charge in [0, 0.05) is 42.0 Å². The van der Waals surface area contributed by atoms with Crippen molar-refractivity contribution in [1.82, 2.24) is 4.57 Å². The van der Waals surface area contributed by atoms with Crippen LogP contribution in [0.3, 0.4) is 0 Å². The summed E-state index contributed by atoms with van der Waals surface area (Å²) in [4.78, 5) is 36.8. The molecule has 0 spiro atoms. The SMILES string of the molecule is C=CC(=O)Nc1ccc(Oc2c(C)cc(F)cc2C)c(-c2cn(C)c(=O)c3c2NC(=O)CC3)c1. The Bertz CT molecular complexity index is 1380. The number of nitrogens with one attached hydrogen (secondary N) is 2. The van der Waals surface area contributed by atoms with E-state index < -0.39 is 0 Å². The van der Waals surface area contributed by atoms with E-state index in [0.717, 1.165) is 6.08 Å². The first-order chi connectivity index (χ1) is 16.2. The predicted molar refractivity (Wildman–Crippen MR) is 129 cm³/mol. The predicted octanol–water partition coefficient (Wildman–Crippen LogP) is 4.61. The Hall–Kier alpha value is -4.20. The molecule has 0 unspecified atom stereocenters. The summed E-state index contributed by atoms with van der Waals surface area (Å²) in [6, 6.07) is 7.82. The number of benzene rings is 2. The second-order valence-corrected chi connectivity index (χ2v) is 8.24. The topological polar surface area (TPSA) is 89.4 Å². The van der Waals surface area contributed by atoms with Gasteiger partial charge in [0.25, 0.3) is 5.56 Å². The minimum absolute atomic E-state index is 0.189. The summed E-state index contributed by atoms with van der Waals surface area (Å²) in [6.45, 7) is 6.97. The summed E-state index contributed by atoms with van der Waals surface area (Å²) in [5, 5.41) is 5.55. The Morgan fingerprint density at radius 2 is 1.85 bits per heavy atom. The minimum Gasteiger partial charge on any atom is -0.456 e. The molecule has 174 valence electrons. The van der Waals surface area contributed by atoms with Crippen LogP contribution in [0.5, 0.6) is 11.5 Å². The van der Waals surface area contributed by atoms with E-state index in [1.54, 1.807) is 45.3 Å². The second kappa shape index (κ2) is 8.97. The van der Waals surface area contributed by atoms with E-state index in [1.165, 1.54) is 16.7 Å². The molecule has 0 bridgehead atoms. The van der Waals surface area contributed by atoms with E-state index in [1.807, 2.05) is 0 Å². The van der Waals surface area contributed by atoms with E-state index in [0.29, 0.717) is 57.1 Å². The number of carbonyl (C=O) groups is 2. The molecule has 2 aromatic carbocycles. The number of carbonyl (C=O) groups excluding carboxylic acids is 2. The van der Waals surface area contributed by atoms with E-state index in [-0.39, 0.29) is 29.6 Å². The molecule has 1 aromatic heterocycles. The van der Waals surface area contributed by atoms with E-state index in [9.17, 15) is 18.8 Å². The number of fused-ring (bicyclic) bond motifs is 1. The number of nitrogens with zero attached hydrogens (tertiary/aromatic N) is 1. The Labute approximate surface area is 195 Å². The molecule has 0 fully saturated rings. The summed E-state index contributed by atoms with van der Waals surface area (Å²) in [6.07, 6.45) is 3.32. The highest BCUT2D eigenvalue weighted by atomic mass is 19.1. The van der Waals surface area contributed by atoms with Crippen LogP contribution in [0.4, 0.5) is 15.8 Å². The summed E-state index contributed by atoms with van der Waals surface area (Å²) in [5.74, 6) is -0.0327. The number of hydrogen-bond donors (Lipinski definition) is 2. The van der Waals surface area contributed by atoms with Gasteiger partial charge in [-0.1, -0.05) is 6.58 Å². The van der Waals surface area contributed by atoms with Gasteiger partial charge in [-0.25, -0.2) is 4.39 Å². The summed E-state index contributed by atoms with van der Waals surface area (Å²) >= 11 is 0. The van der Waals surface area contributed by atoms with Crippen LogP contribution < -0.4 is 20.9 Å². The number of aryl methyl sites for hydroxylation is 3. The molecule has 0 saturated carbocycles. The maximum atomic E-state index is 13.8. The van der Waals surface area contributed by atoms with Gasteiger partial charge in [0.05, 0.1) is 5.69 Å². The Morgan fingerprint density at radius 1 is 1.15 bits per heavy atom. The van der Waals surface area contributed by atoms with Gasteiger partial charge in [-0.05, 0) is 67.8 Å².